The molecule has 340 valence electrons. The first-order valence-corrected chi connectivity index (χ1v) is 25.3. The molecule has 0 radical (unpaired) electrons. The fourth-order valence-corrected chi connectivity index (χ4v) is 7.21. The van der Waals surface area contributed by atoms with Crippen LogP contribution < -0.4 is 4.89 Å². The van der Waals surface area contributed by atoms with Crippen molar-refractivity contribution in [2.45, 2.75) is 206 Å². The molecule has 0 N–H and O–H groups in total. The number of unbranched alkanes of at least 4 members (excludes halogenated alkanes) is 22. The minimum atomic E-state index is -4.53. The Kier molecular flexibility index (Phi) is 41.0. The van der Waals surface area contributed by atoms with E-state index < -0.39 is 13.9 Å². The Hall–Kier alpha value is -1.54. The molecule has 0 aromatic heterocycles. The minimum Gasteiger partial charge on any atom is -0.756 e. The topological polar surface area (TPSA) is 94.1 Å². The van der Waals surface area contributed by atoms with Crippen LogP contribution in [0.2, 0.25) is 0 Å². The van der Waals surface area contributed by atoms with Gasteiger partial charge in [0.15, 0.2) is 0 Å². The maximum absolute atomic E-state index is 12.7. The van der Waals surface area contributed by atoms with Gasteiger partial charge in [-0.15, -0.1) is 0 Å². The first-order valence-electron chi connectivity index (χ1n) is 23.9. The van der Waals surface area contributed by atoms with E-state index in [4.69, 9.17) is 18.5 Å². The number of phosphoric ester groups is 1. The number of likely N-dealkylation sites (N-methyl/N-ethyl adjacent to an activating group) is 1. The highest BCUT2D eigenvalue weighted by Crippen LogP contribution is 2.38. The van der Waals surface area contributed by atoms with E-state index >= 15 is 0 Å². The van der Waals surface area contributed by atoms with E-state index in [1.165, 1.54) is 109 Å². The summed E-state index contributed by atoms with van der Waals surface area (Å²) in [4.78, 5) is 25.1. The summed E-state index contributed by atoms with van der Waals surface area (Å²) < 4.78 is 34.7. The van der Waals surface area contributed by atoms with Crippen molar-refractivity contribution in [2.75, 3.05) is 54.1 Å². The first kappa shape index (κ1) is 56.5. The van der Waals surface area contributed by atoms with Crippen LogP contribution in [-0.4, -0.2) is 70.7 Å². The second kappa shape index (κ2) is 42.2. The molecule has 0 aliphatic carbocycles. The van der Waals surface area contributed by atoms with Crippen molar-refractivity contribution in [3.63, 3.8) is 0 Å². The molecule has 9 heteroatoms. The lowest BCUT2D eigenvalue weighted by atomic mass is 10.0. The van der Waals surface area contributed by atoms with Gasteiger partial charge < -0.3 is 27.9 Å². The van der Waals surface area contributed by atoms with Gasteiger partial charge in [0.1, 0.15) is 19.3 Å². The Morgan fingerprint density at radius 2 is 1.00 bits per heavy atom. The lowest BCUT2D eigenvalue weighted by Gasteiger charge is -2.28. The molecule has 0 heterocycles. The van der Waals surface area contributed by atoms with Crippen LogP contribution in [0.25, 0.3) is 0 Å². The third kappa shape index (κ3) is 45.5. The average molecular weight is 838 g/mol. The van der Waals surface area contributed by atoms with Crippen molar-refractivity contribution in [1.82, 2.24) is 0 Å². The SMILES string of the molecule is CC/C=C\C/C=C\C/C=C\C/C=C\CCCCCCCCCOCC(COP(=O)([O-])OCC[N+](C)(C)C)OC(=O)CCCCCCCCCCCCCCCCCC. The summed E-state index contributed by atoms with van der Waals surface area (Å²) in [6.45, 7) is 5.29. The largest absolute Gasteiger partial charge is 0.756 e. The van der Waals surface area contributed by atoms with Crippen molar-refractivity contribution < 1.29 is 37.3 Å². The summed E-state index contributed by atoms with van der Waals surface area (Å²) in [5, 5.41) is 0. The number of nitrogens with zero attached hydrogens (tertiary/aromatic N) is 1. The number of carbonyl (C=O) groups is 1. The Morgan fingerprint density at radius 1 is 0.552 bits per heavy atom. The highest BCUT2D eigenvalue weighted by atomic mass is 31.2. The van der Waals surface area contributed by atoms with Gasteiger partial charge in [-0.1, -0.05) is 191 Å². The highest BCUT2D eigenvalue weighted by Gasteiger charge is 2.20. The van der Waals surface area contributed by atoms with E-state index in [9.17, 15) is 14.3 Å². The number of carbonyl (C=O) groups excluding carboxylic acids is 1. The molecule has 0 saturated heterocycles. The molecular weight excluding hydrogens is 746 g/mol. The monoisotopic (exact) mass is 838 g/mol. The van der Waals surface area contributed by atoms with Crippen molar-refractivity contribution in [2.24, 2.45) is 0 Å². The van der Waals surface area contributed by atoms with Crippen LogP contribution in [0.1, 0.15) is 200 Å². The molecule has 0 spiro atoms. The van der Waals surface area contributed by atoms with Gasteiger partial charge >= 0.3 is 5.97 Å². The fraction of sp³-hybridized carbons (Fsp3) is 0.816. The number of ether oxygens (including phenoxy) is 2. The quantitative estimate of drug-likeness (QED) is 0.0198. The van der Waals surface area contributed by atoms with Crippen LogP contribution in [0.4, 0.5) is 0 Å². The average Bonchev–Trinajstić information content (AvgIpc) is 3.18. The summed E-state index contributed by atoms with van der Waals surface area (Å²) in [6, 6.07) is 0. The first-order chi connectivity index (χ1) is 28.1. The Labute approximate surface area is 358 Å². The van der Waals surface area contributed by atoms with E-state index in [1.807, 2.05) is 21.1 Å². The molecule has 8 nitrogen and oxygen atoms in total. The zero-order valence-electron chi connectivity index (χ0n) is 38.5. The Balaban J connectivity index is 4.20. The van der Waals surface area contributed by atoms with Crippen LogP contribution in [0.5, 0.6) is 0 Å². The van der Waals surface area contributed by atoms with Gasteiger partial charge in [0.05, 0.1) is 34.4 Å². The van der Waals surface area contributed by atoms with E-state index in [-0.39, 0.29) is 25.8 Å². The lowest BCUT2D eigenvalue weighted by molar-refractivity contribution is -0.870. The van der Waals surface area contributed by atoms with Crippen molar-refractivity contribution in [3.8, 4) is 0 Å². The molecule has 0 amide bonds. The predicted octanol–water partition coefficient (Wildman–Crippen LogP) is 13.7. The van der Waals surface area contributed by atoms with E-state index in [0.29, 0.717) is 24.1 Å². The summed E-state index contributed by atoms with van der Waals surface area (Å²) in [5.74, 6) is -0.337. The summed E-state index contributed by atoms with van der Waals surface area (Å²) in [6.07, 6.45) is 51.2. The van der Waals surface area contributed by atoms with E-state index in [2.05, 4.69) is 62.5 Å². The molecule has 58 heavy (non-hydrogen) atoms. The molecule has 2 unspecified atom stereocenters. The van der Waals surface area contributed by atoms with E-state index in [1.54, 1.807) is 0 Å². The second-order valence-corrected chi connectivity index (χ2v) is 18.5. The van der Waals surface area contributed by atoms with Gasteiger partial charge in [0.25, 0.3) is 7.82 Å². The Bertz CT molecular complexity index is 1070. The molecule has 0 aromatic rings. The number of hydrogen-bond donors (Lipinski definition) is 0. The third-order valence-corrected chi connectivity index (χ3v) is 11.1. The smallest absolute Gasteiger partial charge is 0.306 e. The normalized spacial score (nSPS) is 14.1. The number of phosphoric acid groups is 1. The van der Waals surface area contributed by atoms with Crippen molar-refractivity contribution in [1.29, 1.82) is 0 Å². The van der Waals surface area contributed by atoms with Gasteiger partial charge in [0, 0.05) is 13.0 Å². The molecule has 2 atom stereocenters. The predicted molar refractivity (Wildman–Crippen MR) is 245 cm³/mol. The number of esters is 1. The van der Waals surface area contributed by atoms with Gasteiger partial charge in [-0.3, -0.25) is 9.36 Å². The van der Waals surface area contributed by atoms with Crippen LogP contribution in [0.3, 0.4) is 0 Å². The molecule has 0 aliphatic heterocycles. The summed E-state index contributed by atoms with van der Waals surface area (Å²) in [5.41, 5.74) is 0. The standard InChI is InChI=1S/C49H92NO7P/c1-6-8-10-12-14-16-18-20-22-24-25-26-27-29-31-33-35-37-39-41-44-54-46-48(47-56-58(52,53)55-45-43-50(3,4)5)57-49(51)42-40-38-36-34-32-30-28-23-21-19-17-15-13-11-9-7-2/h8,10,14,16,20,22,25-26,48H,6-7,9,11-13,15,17-19,21,23-24,27-47H2,1-5H3/b10-8-,16-14-,22-20-,26-25-. The fourth-order valence-electron chi connectivity index (χ4n) is 6.48. The zero-order valence-corrected chi connectivity index (χ0v) is 39.4. The summed E-state index contributed by atoms with van der Waals surface area (Å²) in [7, 11) is 1.35. The van der Waals surface area contributed by atoms with Crippen LogP contribution in [0, 0.1) is 0 Å². The van der Waals surface area contributed by atoms with Gasteiger partial charge in [0.2, 0.25) is 0 Å². The van der Waals surface area contributed by atoms with Crippen LogP contribution in [0.15, 0.2) is 48.6 Å². The zero-order chi connectivity index (χ0) is 42.7. The van der Waals surface area contributed by atoms with Gasteiger partial charge in [-0.05, 0) is 51.4 Å². The highest BCUT2D eigenvalue weighted by molar-refractivity contribution is 7.45. The third-order valence-electron chi connectivity index (χ3n) is 10.1. The molecular formula is C49H92NO7P. The molecule has 0 fully saturated rings. The number of hydrogen-bond acceptors (Lipinski definition) is 7. The number of rotatable bonds is 44. The number of allylic oxidation sites excluding steroid dienone is 8. The van der Waals surface area contributed by atoms with Gasteiger partial charge in [-0.25, -0.2) is 0 Å². The molecule has 0 saturated carbocycles. The molecule has 0 aliphatic rings. The number of quaternary nitrogens is 1. The molecule has 0 bridgehead atoms. The Morgan fingerprint density at radius 3 is 1.50 bits per heavy atom. The van der Waals surface area contributed by atoms with Gasteiger partial charge in [-0.2, -0.15) is 0 Å². The minimum absolute atomic E-state index is 0.0236. The second-order valence-electron chi connectivity index (χ2n) is 17.1. The molecule has 0 aromatic carbocycles. The van der Waals surface area contributed by atoms with Crippen LogP contribution >= 0.6 is 7.82 Å². The van der Waals surface area contributed by atoms with Crippen LogP contribution in [-0.2, 0) is 27.9 Å². The lowest BCUT2D eigenvalue weighted by Crippen LogP contribution is -2.37. The van der Waals surface area contributed by atoms with Crippen molar-refractivity contribution >= 4 is 13.8 Å². The van der Waals surface area contributed by atoms with E-state index in [0.717, 1.165) is 70.6 Å². The maximum Gasteiger partial charge on any atom is 0.306 e. The maximum atomic E-state index is 12.7. The summed E-state index contributed by atoms with van der Waals surface area (Å²) >= 11 is 0. The van der Waals surface area contributed by atoms with Crippen molar-refractivity contribution in [3.05, 3.63) is 48.6 Å². The molecule has 0 rings (SSSR count).